The molecule has 1 aliphatic rings. The van der Waals surface area contributed by atoms with E-state index in [0.29, 0.717) is 17.9 Å². The van der Waals surface area contributed by atoms with Crippen molar-refractivity contribution in [2.24, 2.45) is 0 Å². The third-order valence-corrected chi connectivity index (χ3v) is 6.04. The Morgan fingerprint density at radius 2 is 1.87 bits per heavy atom. The van der Waals surface area contributed by atoms with E-state index in [1.165, 1.54) is 0 Å². The van der Waals surface area contributed by atoms with Crippen molar-refractivity contribution in [1.29, 1.82) is 0 Å². The number of hydrogen-bond donors (Lipinski definition) is 2. The van der Waals surface area contributed by atoms with Crippen molar-refractivity contribution in [3.8, 4) is 5.75 Å². The quantitative estimate of drug-likeness (QED) is 0.704. The van der Waals surface area contributed by atoms with E-state index in [4.69, 9.17) is 13.9 Å². The van der Waals surface area contributed by atoms with Crippen LogP contribution in [-0.4, -0.2) is 43.5 Å². The third kappa shape index (κ3) is 4.87. The summed E-state index contributed by atoms with van der Waals surface area (Å²) in [6.45, 7) is 6.07. The normalized spacial score (nSPS) is 21.7. The number of phenols is 1. The number of phenolic OH excluding ortho intramolecular Hbond substituents is 1. The minimum absolute atomic E-state index is 0.0730. The Labute approximate surface area is 178 Å². The van der Waals surface area contributed by atoms with Crippen LogP contribution in [0.3, 0.4) is 0 Å². The molecule has 6 heteroatoms. The van der Waals surface area contributed by atoms with Gasteiger partial charge in [0.1, 0.15) is 11.5 Å². The zero-order valence-electron chi connectivity index (χ0n) is 18.5. The van der Waals surface area contributed by atoms with Crippen molar-refractivity contribution in [2.45, 2.75) is 70.6 Å². The molecule has 2 unspecified atom stereocenters. The molecular weight excluding hydrogens is 382 g/mol. The van der Waals surface area contributed by atoms with Gasteiger partial charge in [-0.1, -0.05) is 19.9 Å². The van der Waals surface area contributed by atoms with Crippen molar-refractivity contribution in [3.63, 3.8) is 0 Å². The van der Waals surface area contributed by atoms with Gasteiger partial charge < -0.3 is 24.3 Å². The predicted octanol–water partition coefficient (Wildman–Crippen LogP) is 4.32. The molecule has 1 fully saturated rings. The molecule has 0 saturated heterocycles. The first-order chi connectivity index (χ1) is 14.3. The number of nitrogens with one attached hydrogen (secondary N) is 1. The summed E-state index contributed by atoms with van der Waals surface area (Å²) in [6.07, 6.45) is 3.21. The zero-order valence-corrected chi connectivity index (χ0v) is 18.5. The average Bonchev–Trinajstić information content (AvgIpc) is 3.18. The van der Waals surface area contributed by atoms with Crippen molar-refractivity contribution in [3.05, 3.63) is 52.5 Å². The van der Waals surface area contributed by atoms with Gasteiger partial charge in [0.15, 0.2) is 5.76 Å². The van der Waals surface area contributed by atoms with Gasteiger partial charge in [0.25, 0.3) is 5.91 Å². The lowest BCUT2D eigenvalue weighted by Crippen LogP contribution is -2.54. The van der Waals surface area contributed by atoms with E-state index in [1.54, 1.807) is 26.4 Å². The van der Waals surface area contributed by atoms with Crippen LogP contribution in [0.4, 0.5) is 0 Å². The van der Waals surface area contributed by atoms with Crippen molar-refractivity contribution >= 4 is 5.91 Å². The lowest BCUT2D eigenvalue weighted by molar-refractivity contribution is -0.0387. The Morgan fingerprint density at radius 3 is 2.47 bits per heavy atom. The minimum Gasteiger partial charge on any atom is -0.508 e. The maximum absolute atomic E-state index is 12.8. The lowest BCUT2D eigenvalue weighted by Gasteiger charge is -2.36. The predicted molar refractivity (Wildman–Crippen MR) is 115 cm³/mol. The number of rotatable bonds is 7. The first kappa shape index (κ1) is 22.4. The molecule has 0 radical (unpaired) electrons. The molecule has 2 atom stereocenters. The summed E-state index contributed by atoms with van der Waals surface area (Å²) in [7, 11) is 3.33. The van der Waals surface area contributed by atoms with Gasteiger partial charge in [0.05, 0.1) is 18.2 Å². The average molecular weight is 416 g/mol. The fourth-order valence-electron chi connectivity index (χ4n) is 4.25. The Balaban J connectivity index is 1.73. The topological polar surface area (TPSA) is 80.9 Å². The first-order valence-corrected chi connectivity index (χ1v) is 10.6. The molecule has 3 rings (SSSR count). The molecule has 1 aliphatic carbocycles. The molecule has 2 aromatic rings. The van der Waals surface area contributed by atoms with Crippen LogP contribution in [0.25, 0.3) is 0 Å². The third-order valence-electron chi connectivity index (χ3n) is 6.04. The van der Waals surface area contributed by atoms with Gasteiger partial charge in [-0.15, -0.1) is 0 Å². The SMILES string of the molecule is COC1CCCC(OC)C1NC(=O)c1ccc(Cc2cc(C(C)C)c(O)cc2C)o1. The summed E-state index contributed by atoms with van der Waals surface area (Å²) in [4.78, 5) is 12.8. The second kappa shape index (κ2) is 9.67. The van der Waals surface area contributed by atoms with Gasteiger partial charge in [-0.25, -0.2) is 0 Å². The van der Waals surface area contributed by atoms with E-state index in [9.17, 15) is 9.90 Å². The van der Waals surface area contributed by atoms with E-state index in [-0.39, 0.29) is 35.8 Å². The molecule has 0 aliphatic heterocycles. The molecule has 1 aromatic carbocycles. The van der Waals surface area contributed by atoms with Crippen LogP contribution < -0.4 is 5.32 Å². The highest BCUT2D eigenvalue weighted by atomic mass is 16.5. The molecular formula is C24H33NO5. The highest BCUT2D eigenvalue weighted by Crippen LogP contribution is 2.30. The second-order valence-corrected chi connectivity index (χ2v) is 8.41. The highest BCUT2D eigenvalue weighted by Gasteiger charge is 2.35. The zero-order chi connectivity index (χ0) is 21.8. The van der Waals surface area contributed by atoms with Crippen LogP contribution in [0.5, 0.6) is 5.75 Å². The summed E-state index contributed by atoms with van der Waals surface area (Å²) in [6, 6.07) is 7.14. The smallest absolute Gasteiger partial charge is 0.287 e. The second-order valence-electron chi connectivity index (χ2n) is 8.41. The van der Waals surface area contributed by atoms with E-state index in [2.05, 4.69) is 19.2 Å². The highest BCUT2D eigenvalue weighted by molar-refractivity contribution is 5.91. The molecule has 1 heterocycles. The van der Waals surface area contributed by atoms with Crippen LogP contribution in [-0.2, 0) is 15.9 Å². The fraction of sp³-hybridized carbons (Fsp3) is 0.542. The van der Waals surface area contributed by atoms with Crippen LogP contribution in [0, 0.1) is 6.92 Å². The Kier molecular flexibility index (Phi) is 7.21. The minimum atomic E-state index is -0.262. The summed E-state index contributed by atoms with van der Waals surface area (Å²) in [5.74, 6) is 1.26. The fourth-order valence-corrected chi connectivity index (χ4v) is 4.25. The summed E-state index contributed by atoms with van der Waals surface area (Å²) in [5.41, 5.74) is 2.98. The van der Waals surface area contributed by atoms with E-state index >= 15 is 0 Å². The molecule has 1 saturated carbocycles. The maximum Gasteiger partial charge on any atom is 0.287 e. The van der Waals surface area contributed by atoms with Crippen LogP contribution >= 0.6 is 0 Å². The van der Waals surface area contributed by atoms with Crippen LogP contribution in [0.15, 0.2) is 28.7 Å². The van der Waals surface area contributed by atoms with E-state index in [1.807, 2.05) is 19.1 Å². The Bertz CT molecular complexity index is 860. The molecule has 30 heavy (non-hydrogen) atoms. The number of furan rings is 1. The van der Waals surface area contributed by atoms with E-state index in [0.717, 1.165) is 36.0 Å². The first-order valence-electron chi connectivity index (χ1n) is 10.6. The Morgan fingerprint density at radius 1 is 1.20 bits per heavy atom. The maximum atomic E-state index is 12.8. The largest absolute Gasteiger partial charge is 0.508 e. The number of benzene rings is 1. The Hall–Kier alpha value is -2.31. The van der Waals surface area contributed by atoms with Crippen LogP contribution in [0.1, 0.15) is 72.0 Å². The monoisotopic (exact) mass is 415 g/mol. The van der Waals surface area contributed by atoms with Gasteiger partial charge in [-0.05, 0) is 67.0 Å². The van der Waals surface area contributed by atoms with Crippen molar-refractivity contribution in [2.75, 3.05) is 14.2 Å². The van der Waals surface area contributed by atoms with Gasteiger partial charge in [-0.3, -0.25) is 4.79 Å². The van der Waals surface area contributed by atoms with Gasteiger partial charge in [0.2, 0.25) is 0 Å². The van der Waals surface area contributed by atoms with Crippen molar-refractivity contribution < 1.29 is 23.8 Å². The standard InChI is InChI=1S/C24H33NO5/c1-14(2)18-13-16(15(3)11-19(18)26)12-17-9-10-22(30-17)24(27)25-23-20(28-4)7-6-8-21(23)29-5/h9-11,13-14,20-21,23,26H,6-8,12H2,1-5H3,(H,25,27). The molecule has 1 aromatic heterocycles. The summed E-state index contributed by atoms with van der Waals surface area (Å²) >= 11 is 0. The van der Waals surface area contributed by atoms with Gasteiger partial charge in [-0.2, -0.15) is 0 Å². The summed E-state index contributed by atoms with van der Waals surface area (Å²) < 4.78 is 17.0. The number of aromatic hydroxyl groups is 1. The lowest BCUT2D eigenvalue weighted by atomic mass is 9.89. The number of ether oxygens (including phenoxy) is 2. The molecule has 2 N–H and O–H groups in total. The number of aryl methyl sites for hydroxylation is 1. The molecule has 164 valence electrons. The molecule has 6 nitrogen and oxygen atoms in total. The van der Waals surface area contributed by atoms with Gasteiger partial charge in [0, 0.05) is 20.6 Å². The number of hydrogen-bond acceptors (Lipinski definition) is 5. The number of carbonyl (C=O) groups is 1. The number of carbonyl (C=O) groups excluding carboxylic acids is 1. The molecule has 0 spiro atoms. The van der Waals surface area contributed by atoms with Gasteiger partial charge >= 0.3 is 0 Å². The molecule has 1 amide bonds. The molecule has 0 bridgehead atoms. The van der Waals surface area contributed by atoms with Crippen molar-refractivity contribution in [1.82, 2.24) is 5.32 Å². The number of amides is 1. The summed E-state index contributed by atoms with van der Waals surface area (Å²) in [5, 5.41) is 13.2. The van der Waals surface area contributed by atoms with Crippen LogP contribution in [0.2, 0.25) is 0 Å². The van der Waals surface area contributed by atoms with E-state index < -0.39 is 0 Å². The number of methoxy groups -OCH3 is 2.